The van der Waals surface area contributed by atoms with Crippen LogP contribution in [0, 0.1) is 0 Å². The third-order valence-electron chi connectivity index (χ3n) is 7.17. The molecule has 0 spiro atoms. The molecule has 5 aromatic rings. The summed E-state index contributed by atoms with van der Waals surface area (Å²) in [6.45, 7) is 4.31. The Morgan fingerprint density at radius 2 is 1.66 bits per heavy atom. The molecule has 6 rings (SSSR count). The van der Waals surface area contributed by atoms with Gasteiger partial charge in [0.1, 0.15) is 0 Å². The van der Waals surface area contributed by atoms with E-state index in [9.17, 15) is 0 Å². The number of fused-ring (bicyclic) bond motifs is 1. The molecule has 3 aromatic carbocycles. The number of para-hydroxylation sites is 1. The van der Waals surface area contributed by atoms with Gasteiger partial charge in [-0.25, -0.2) is 9.97 Å². The highest BCUT2D eigenvalue weighted by Crippen LogP contribution is 2.32. The average molecular weight is 502 g/mol. The molecular weight excluding hydrogens is 470 g/mol. The largest absolute Gasteiger partial charge is 0.368 e. The summed E-state index contributed by atoms with van der Waals surface area (Å²) >= 11 is 0. The lowest BCUT2D eigenvalue weighted by Crippen LogP contribution is -2.44. The zero-order valence-corrected chi connectivity index (χ0v) is 21.7. The molecule has 2 N–H and O–H groups in total. The van der Waals surface area contributed by atoms with Gasteiger partial charge in [0.25, 0.3) is 0 Å². The topological polar surface area (TPSA) is 73.0 Å². The molecule has 0 amide bonds. The summed E-state index contributed by atoms with van der Waals surface area (Å²) in [5.74, 6) is 0.602. The number of nitrogens with one attached hydrogen (secondary N) is 2. The molecule has 190 valence electrons. The molecule has 38 heavy (non-hydrogen) atoms. The Balaban J connectivity index is 1.21. The zero-order chi connectivity index (χ0) is 25.9. The van der Waals surface area contributed by atoms with E-state index in [0.29, 0.717) is 5.95 Å². The van der Waals surface area contributed by atoms with Crippen molar-refractivity contribution in [1.29, 1.82) is 0 Å². The predicted octanol–water partition coefficient (Wildman–Crippen LogP) is 5.65. The van der Waals surface area contributed by atoms with Crippen LogP contribution in [0.25, 0.3) is 45.4 Å². The van der Waals surface area contributed by atoms with Gasteiger partial charge in [-0.3, -0.25) is 5.10 Å². The van der Waals surface area contributed by atoms with Gasteiger partial charge < -0.3 is 15.1 Å². The summed E-state index contributed by atoms with van der Waals surface area (Å²) in [5.41, 5.74) is 8.75. The van der Waals surface area contributed by atoms with Gasteiger partial charge in [0.2, 0.25) is 5.95 Å². The van der Waals surface area contributed by atoms with Crippen LogP contribution in [0.1, 0.15) is 11.3 Å². The molecule has 3 heterocycles. The van der Waals surface area contributed by atoms with E-state index in [1.807, 2.05) is 13.1 Å². The second kappa shape index (κ2) is 10.5. The highest BCUT2D eigenvalue weighted by Gasteiger charge is 2.17. The molecule has 1 aliphatic rings. The number of aromatic amines is 1. The van der Waals surface area contributed by atoms with Crippen molar-refractivity contribution in [3.63, 3.8) is 0 Å². The molecule has 0 bridgehead atoms. The van der Waals surface area contributed by atoms with E-state index in [1.165, 1.54) is 16.8 Å². The normalized spacial score (nSPS) is 14.4. The van der Waals surface area contributed by atoms with Gasteiger partial charge in [0.15, 0.2) is 0 Å². The number of hydrogen-bond donors (Lipinski definition) is 2. The minimum atomic E-state index is 0.602. The van der Waals surface area contributed by atoms with Crippen molar-refractivity contribution in [2.24, 2.45) is 0 Å². The third kappa shape index (κ3) is 4.88. The second-order valence-corrected chi connectivity index (χ2v) is 9.65. The Bertz CT molecular complexity index is 1580. The third-order valence-corrected chi connectivity index (χ3v) is 7.17. The first kappa shape index (κ1) is 23.9. The number of hydrogen-bond acceptors (Lipinski definition) is 6. The van der Waals surface area contributed by atoms with Crippen LogP contribution in [0.3, 0.4) is 0 Å². The van der Waals surface area contributed by atoms with Crippen molar-refractivity contribution >= 4 is 34.7 Å². The highest BCUT2D eigenvalue weighted by atomic mass is 15.2. The lowest BCUT2D eigenvalue weighted by molar-refractivity contribution is 0.313. The number of nitrogens with zero attached hydrogens (tertiary/aromatic N) is 5. The fourth-order valence-electron chi connectivity index (χ4n) is 4.96. The SMILES string of the molecule is CNc1nccc(-c2ccc3c(C=Cc4ccc(-c5ccccc5N5CCN(C)CC5)cc4)n[nH]c3c2)n1. The molecule has 0 aliphatic carbocycles. The van der Waals surface area contributed by atoms with Crippen LogP contribution in [-0.4, -0.2) is 65.3 Å². The van der Waals surface area contributed by atoms with Crippen LogP contribution in [0.15, 0.2) is 79.0 Å². The van der Waals surface area contributed by atoms with Gasteiger partial charge in [-0.05, 0) is 48.5 Å². The molecule has 0 atom stereocenters. The first-order valence-electron chi connectivity index (χ1n) is 13.0. The van der Waals surface area contributed by atoms with Gasteiger partial charge in [0, 0.05) is 61.6 Å². The van der Waals surface area contributed by atoms with Crippen LogP contribution >= 0.6 is 0 Å². The van der Waals surface area contributed by atoms with Gasteiger partial charge in [-0.15, -0.1) is 0 Å². The zero-order valence-electron chi connectivity index (χ0n) is 21.7. The molecule has 0 saturated carbocycles. The minimum Gasteiger partial charge on any atom is -0.368 e. The number of likely N-dealkylation sites (N-methyl/N-ethyl adjacent to an activating group) is 1. The first-order valence-corrected chi connectivity index (χ1v) is 13.0. The van der Waals surface area contributed by atoms with Crippen molar-refractivity contribution in [2.75, 3.05) is 50.5 Å². The summed E-state index contributed by atoms with van der Waals surface area (Å²) in [6, 6.07) is 25.7. The summed E-state index contributed by atoms with van der Waals surface area (Å²) < 4.78 is 0. The van der Waals surface area contributed by atoms with E-state index >= 15 is 0 Å². The van der Waals surface area contributed by atoms with E-state index in [1.54, 1.807) is 6.20 Å². The fraction of sp³-hybridized carbons (Fsp3) is 0.194. The summed E-state index contributed by atoms with van der Waals surface area (Å²) in [6.07, 6.45) is 5.94. The average Bonchev–Trinajstić information content (AvgIpc) is 3.39. The van der Waals surface area contributed by atoms with Gasteiger partial charge in [-0.1, -0.05) is 54.6 Å². The van der Waals surface area contributed by atoms with Crippen molar-refractivity contribution in [3.8, 4) is 22.4 Å². The van der Waals surface area contributed by atoms with Crippen molar-refractivity contribution in [3.05, 3.63) is 90.3 Å². The maximum Gasteiger partial charge on any atom is 0.222 e. The fourth-order valence-corrected chi connectivity index (χ4v) is 4.96. The molecule has 0 radical (unpaired) electrons. The monoisotopic (exact) mass is 501 g/mol. The molecule has 1 fully saturated rings. The number of rotatable bonds is 6. The van der Waals surface area contributed by atoms with E-state index in [0.717, 1.165) is 59.6 Å². The summed E-state index contributed by atoms with van der Waals surface area (Å²) in [5, 5.41) is 11.8. The summed E-state index contributed by atoms with van der Waals surface area (Å²) in [7, 11) is 4.01. The first-order chi connectivity index (χ1) is 18.7. The lowest BCUT2D eigenvalue weighted by Gasteiger charge is -2.35. The van der Waals surface area contributed by atoms with Crippen LogP contribution in [0.2, 0.25) is 0 Å². The van der Waals surface area contributed by atoms with E-state index in [-0.39, 0.29) is 0 Å². The smallest absolute Gasteiger partial charge is 0.222 e. The van der Waals surface area contributed by atoms with Crippen LogP contribution < -0.4 is 10.2 Å². The minimum absolute atomic E-state index is 0.602. The Labute approximate surface area is 222 Å². The molecular formula is C31H31N7. The number of benzene rings is 3. The molecule has 1 aliphatic heterocycles. The van der Waals surface area contributed by atoms with Gasteiger partial charge in [0.05, 0.1) is 16.9 Å². The Morgan fingerprint density at radius 3 is 2.47 bits per heavy atom. The predicted molar refractivity (Wildman–Crippen MR) is 157 cm³/mol. The molecule has 1 saturated heterocycles. The quantitative estimate of drug-likeness (QED) is 0.313. The number of piperazine rings is 1. The van der Waals surface area contributed by atoms with Crippen molar-refractivity contribution in [2.45, 2.75) is 0 Å². The maximum atomic E-state index is 4.55. The second-order valence-electron chi connectivity index (χ2n) is 9.65. The van der Waals surface area contributed by atoms with Gasteiger partial charge >= 0.3 is 0 Å². The van der Waals surface area contributed by atoms with E-state index in [4.69, 9.17) is 0 Å². The maximum absolute atomic E-state index is 4.55. The van der Waals surface area contributed by atoms with Crippen LogP contribution in [0.5, 0.6) is 0 Å². The van der Waals surface area contributed by atoms with Crippen LogP contribution in [0.4, 0.5) is 11.6 Å². The number of aromatic nitrogens is 4. The van der Waals surface area contributed by atoms with E-state index in [2.05, 4.69) is 121 Å². The standard InChI is InChI=1S/C31H31N7/c1-32-31-33-16-15-27(34-31)24-12-13-26-28(35-36-29(26)21-24)14-9-22-7-10-23(11-8-22)25-5-3-4-6-30(25)38-19-17-37(2)18-20-38/h3-16,21H,17-20H2,1-2H3,(H,35,36)(H,32,33,34). The highest BCUT2D eigenvalue weighted by molar-refractivity contribution is 5.92. The van der Waals surface area contributed by atoms with Crippen LogP contribution in [-0.2, 0) is 0 Å². The van der Waals surface area contributed by atoms with E-state index < -0.39 is 0 Å². The molecule has 7 heteroatoms. The number of H-pyrrole nitrogens is 1. The Morgan fingerprint density at radius 1 is 0.868 bits per heavy atom. The van der Waals surface area contributed by atoms with Crippen molar-refractivity contribution in [1.82, 2.24) is 25.1 Å². The number of anilines is 2. The Kier molecular flexibility index (Phi) is 6.58. The lowest BCUT2D eigenvalue weighted by atomic mass is 10.0. The molecule has 2 aromatic heterocycles. The van der Waals surface area contributed by atoms with Crippen molar-refractivity contribution < 1.29 is 0 Å². The molecule has 7 nitrogen and oxygen atoms in total. The molecule has 0 unspecified atom stereocenters. The van der Waals surface area contributed by atoms with Gasteiger partial charge in [-0.2, -0.15) is 5.10 Å². The Hall–Kier alpha value is -4.49. The summed E-state index contributed by atoms with van der Waals surface area (Å²) in [4.78, 5) is 13.6.